The Morgan fingerprint density at radius 2 is 2.00 bits per heavy atom. The number of ketones is 1. The number of benzene rings is 1. The number of nitrogens with two attached hydrogens (primary N) is 1. The van der Waals surface area contributed by atoms with Gasteiger partial charge < -0.3 is 5.73 Å². The van der Waals surface area contributed by atoms with Gasteiger partial charge in [-0.25, -0.2) is 4.39 Å². The Kier molecular flexibility index (Phi) is 4.00. The molecule has 0 heterocycles. The predicted molar refractivity (Wildman–Crippen MR) is 70.9 cm³/mol. The van der Waals surface area contributed by atoms with E-state index < -0.39 is 5.82 Å². The standard InChI is InChI=1S/C15H20FNO/c1-2-10-3-5-11(6-4-10)15(18)13-9-12(16)7-8-14(13)17/h7-11H,2-6,17H2,1H3. The third kappa shape index (κ3) is 2.71. The highest BCUT2D eigenvalue weighted by atomic mass is 19.1. The van der Waals surface area contributed by atoms with E-state index in [1.54, 1.807) is 0 Å². The lowest BCUT2D eigenvalue weighted by atomic mass is 9.77. The number of nitrogen functional groups attached to an aromatic ring is 1. The quantitative estimate of drug-likeness (QED) is 0.654. The first-order valence-corrected chi connectivity index (χ1v) is 6.71. The van der Waals surface area contributed by atoms with Gasteiger partial charge in [0.05, 0.1) is 0 Å². The van der Waals surface area contributed by atoms with Gasteiger partial charge in [0.2, 0.25) is 0 Å². The lowest BCUT2D eigenvalue weighted by Gasteiger charge is -2.27. The average molecular weight is 249 g/mol. The Balaban J connectivity index is 2.10. The monoisotopic (exact) mass is 249 g/mol. The molecule has 2 nitrogen and oxygen atoms in total. The van der Waals surface area contributed by atoms with Crippen LogP contribution in [0.15, 0.2) is 18.2 Å². The van der Waals surface area contributed by atoms with Gasteiger partial charge in [0.15, 0.2) is 5.78 Å². The van der Waals surface area contributed by atoms with E-state index in [0.29, 0.717) is 11.3 Å². The van der Waals surface area contributed by atoms with Crippen molar-refractivity contribution in [3.8, 4) is 0 Å². The lowest BCUT2D eigenvalue weighted by Crippen LogP contribution is -2.22. The van der Waals surface area contributed by atoms with Crippen LogP contribution in [0.2, 0.25) is 0 Å². The number of hydrogen-bond donors (Lipinski definition) is 1. The van der Waals surface area contributed by atoms with E-state index in [-0.39, 0.29) is 11.7 Å². The molecule has 0 radical (unpaired) electrons. The van der Waals surface area contributed by atoms with Crippen molar-refractivity contribution < 1.29 is 9.18 Å². The summed E-state index contributed by atoms with van der Waals surface area (Å²) in [4.78, 5) is 12.3. The highest BCUT2D eigenvalue weighted by Crippen LogP contribution is 2.33. The van der Waals surface area contributed by atoms with E-state index in [1.165, 1.54) is 24.6 Å². The molecule has 0 bridgehead atoms. The normalized spacial score (nSPS) is 23.9. The maximum Gasteiger partial charge on any atom is 0.168 e. The third-order valence-corrected chi connectivity index (χ3v) is 4.08. The van der Waals surface area contributed by atoms with Crippen LogP contribution in [0.3, 0.4) is 0 Å². The van der Waals surface area contributed by atoms with Crippen molar-refractivity contribution in [3.63, 3.8) is 0 Å². The van der Waals surface area contributed by atoms with Crippen LogP contribution in [0.25, 0.3) is 0 Å². The molecular weight excluding hydrogens is 229 g/mol. The molecule has 98 valence electrons. The van der Waals surface area contributed by atoms with Gasteiger partial charge in [-0.15, -0.1) is 0 Å². The van der Waals surface area contributed by atoms with E-state index in [4.69, 9.17) is 5.73 Å². The highest BCUT2D eigenvalue weighted by molar-refractivity contribution is 6.02. The van der Waals surface area contributed by atoms with Gasteiger partial charge in [-0.3, -0.25) is 4.79 Å². The van der Waals surface area contributed by atoms with E-state index in [2.05, 4.69) is 6.92 Å². The number of Topliss-reactive ketones (excluding diaryl/α,β-unsaturated/α-hetero) is 1. The molecule has 18 heavy (non-hydrogen) atoms. The fourth-order valence-electron chi connectivity index (χ4n) is 2.79. The Labute approximate surface area is 107 Å². The van der Waals surface area contributed by atoms with Crippen LogP contribution in [0, 0.1) is 17.7 Å². The molecule has 1 saturated carbocycles. The van der Waals surface area contributed by atoms with Crippen LogP contribution in [-0.4, -0.2) is 5.78 Å². The van der Waals surface area contributed by atoms with Gasteiger partial charge in [0, 0.05) is 17.2 Å². The van der Waals surface area contributed by atoms with E-state index in [1.807, 2.05) is 0 Å². The summed E-state index contributed by atoms with van der Waals surface area (Å²) in [5.74, 6) is 0.396. The molecule has 1 fully saturated rings. The van der Waals surface area contributed by atoms with Crippen molar-refractivity contribution in [2.45, 2.75) is 39.0 Å². The van der Waals surface area contributed by atoms with Gasteiger partial charge in [-0.2, -0.15) is 0 Å². The van der Waals surface area contributed by atoms with Gasteiger partial charge in [-0.05, 0) is 49.8 Å². The molecule has 2 N–H and O–H groups in total. The second-order valence-corrected chi connectivity index (χ2v) is 5.22. The smallest absolute Gasteiger partial charge is 0.168 e. The maximum absolute atomic E-state index is 13.2. The van der Waals surface area contributed by atoms with Gasteiger partial charge in [0.25, 0.3) is 0 Å². The topological polar surface area (TPSA) is 43.1 Å². The first-order valence-electron chi connectivity index (χ1n) is 6.71. The van der Waals surface area contributed by atoms with Crippen LogP contribution in [-0.2, 0) is 0 Å². The summed E-state index contributed by atoms with van der Waals surface area (Å²) < 4.78 is 13.2. The van der Waals surface area contributed by atoms with Crippen molar-refractivity contribution in [1.29, 1.82) is 0 Å². The van der Waals surface area contributed by atoms with Crippen molar-refractivity contribution >= 4 is 11.5 Å². The van der Waals surface area contributed by atoms with Crippen molar-refractivity contribution in [2.75, 3.05) is 5.73 Å². The number of anilines is 1. The van der Waals surface area contributed by atoms with Crippen LogP contribution < -0.4 is 5.73 Å². The van der Waals surface area contributed by atoms with Crippen LogP contribution >= 0.6 is 0 Å². The summed E-state index contributed by atoms with van der Waals surface area (Å²) in [7, 11) is 0. The Bertz CT molecular complexity index is 436. The molecule has 1 aliphatic rings. The second-order valence-electron chi connectivity index (χ2n) is 5.22. The summed E-state index contributed by atoms with van der Waals surface area (Å²) in [5.41, 5.74) is 6.51. The second kappa shape index (κ2) is 5.51. The molecule has 0 aromatic heterocycles. The molecular formula is C15H20FNO. The minimum absolute atomic E-state index is 0.0153. The zero-order valence-corrected chi connectivity index (χ0v) is 10.8. The fourth-order valence-corrected chi connectivity index (χ4v) is 2.79. The van der Waals surface area contributed by atoms with Crippen LogP contribution in [0.4, 0.5) is 10.1 Å². The molecule has 0 unspecified atom stereocenters. The highest BCUT2D eigenvalue weighted by Gasteiger charge is 2.27. The number of carbonyl (C=O) groups excluding carboxylic acids is 1. The Morgan fingerprint density at radius 1 is 1.33 bits per heavy atom. The number of halogens is 1. The summed E-state index contributed by atoms with van der Waals surface area (Å²) in [6.45, 7) is 2.19. The Morgan fingerprint density at radius 3 is 2.61 bits per heavy atom. The van der Waals surface area contributed by atoms with E-state index >= 15 is 0 Å². The number of carbonyl (C=O) groups is 1. The predicted octanol–water partition coefficient (Wildman–Crippen LogP) is 3.81. The van der Waals surface area contributed by atoms with E-state index in [9.17, 15) is 9.18 Å². The number of rotatable bonds is 3. The van der Waals surface area contributed by atoms with Gasteiger partial charge in [0.1, 0.15) is 5.82 Å². The molecule has 3 heteroatoms. The van der Waals surface area contributed by atoms with Crippen LogP contribution in [0.5, 0.6) is 0 Å². The minimum Gasteiger partial charge on any atom is -0.398 e. The molecule has 0 amide bonds. The van der Waals surface area contributed by atoms with Gasteiger partial charge in [-0.1, -0.05) is 13.3 Å². The van der Waals surface area contributed by atoms with Gasteiger partial charge >= 0.3 is 0 Å². The zero-order valence-electron chi connectivity index (χ0n) is 10.8. The SMILES string of the molecule is CCC1CCC(C(=O)c2cc(F)ccc2N)CC1. The lowest BCUT2D eigenvalue weighted by molar-refractivity contribution is 0.0871. The largest absolute Gasteiger partial charge is 0.398 e. The molecule has 0 spiro atoms. The summed E-state index contributed by atoms with van der Waals surface area (Å²) in [6.07, 6.45) is 5.20. The molecule has 0 aliphatic heterocycles. The molecule has 1 aliphatic carbocycles. The average Bonchev–Trinajstić information content (AvgIpc) is 2.41. The maximum atomic E-state index is 13.2. The molecule has 1 aromatic rings. The minimum atomic E-state index is -0.394. The fraction of sp³-hybridized carbons (Fsp3) is 0.533. The summed E-state index contributed by atoms with van der Waals surface area (Å²) in [6, 6.07) is 4.03. The molecule has 2 rings (SSSR count). The zero-order chi connectivity index (χ0) is 13.1. The summed E-state index contributed by atoms with van der Waals surface area (Å²) >= 11 is 0. The first kappa shape index (κ1) is 13.1. The van der Waals surface area contributed by atoms with E-state index in [0.717, 1.165) is 31.6 Å². The van der Waals surface area contributed by atoms with Crippen molar-refractivity contribution in [3.05, 3.63) is 29.6 Å². The van der Waals surface area contributed by atoms with Crippen molar-refractivity contribution in [2.24, 2.45) is 11.8 Å². The number of hydrogen-bond acceptors (Lipinski definition) is 2. The van der Waals surface area contributed by atoms with Crippen LogP contribution in [0.1, 0.15) is 49.4 Å². The molecule has 0 atom stereocenters. The summed E-state index contributed by atoms with van der Waals surface area (Å²) in [5, 5.41) is 0. The van der Waals surface area contributed by atoms with Crippen molar-refractivity contribution in [1.82, 2.24) is 0 Å². The first-order chi connectivity index (χ1) is 8.61. The molecule has 0 saturated heterocycles. The molecule has 1 aromatic carbocycles. The Hall–Kier alpha value is -1.38. The third-order valence-electron chi connectivity index (χ3n) is 4.08.